The summed E-state index contributed by atoms with van der Waals surface area (Å²) >= 11 is 0. The van der Waals surface area contributed by atoms with E-state index in [1.807, 2.05) is 34.6 Å². The Hall–Kier alpha value is -0.850. The Morgan fingerprint density at radius 1 is 1.29 bits per heavy atom. The van der Waals surface area contributed by atoms with Crippen LogP contribution in [0.5, 0.6) is 0 Å². The zero-order valence-electron chi connectivity index (χ0n) is 14.0. The molecule has 1 unspecified atom stereocenters. The van der Waals surface area contributed by atoms with Gasteiger partial charge in [0.05, 0.1) is 6.04 Å². The molecule has 0 aromatic carbocycles. The van der Waals surface area contributed by atoms with Crippen molar-refractivity contribution in [3.8, 4) is 0 Å². The molecule has 1 rings (SSSR count). The van der Waals surface area contributed by atoms with Crippen molar-refractivity contribution >= 4 is 6.09 Å². The highest BCUT2D eigenvalue weighted by atomic mass is 16.7. The number of likely N-dealkylation sites (tertiary alicyclic amines) is 1. The number of rotatable bonds is 5. The summed E-state index contributed by atoms with van der Waals surface area (Å²) < 4.78 is 17.1. The quantitative estimate of drug-likeness (QED) is 0.787. The number of piperidine rings is 1. The minimum atomic E-state index is -0.633. The summed E-state index contributed by atoms with van der Waals surface area (Å²) in [6.07, 6.45) is 0.883. The number of carbonyl (C=O) groups is 1. The maximum atomic E-state index is 12.3. The molecule has 2 N–H and O–H groups in total. The minimum absolute atomic E-state index is 0.133. The highest BCUT2D eigenvalue weighted by molar-refractivity contribution is 5.68. The van der Waals surface area contributed by atoms with Gasteiger partial charge in [-0.15, -0.1) is 0 Å². The van der Waals surface area contributed by atoms with E-state index in [2.05, 4.69) is 0 Å². The second kappa shape index (κ2) is 7.42. The van der Waals surface area contributed by atoms with Gasteiger partial charge in [0, 0.05) is 39.1 Å². The van der Waals surface area contributed by atoms with Gasteiger partial charge in [-0.05, 0) is 34.6 Å². The highest BCUT2D eigenvalue weighted by Crippen LogP contribution is 2.32. The van der Waals surface area contributed by atoms with Gasteiger partial charge >= 0.3 is 6.09 Å². The lowest BCUT2D eigenvalue weighted by atomic mass is 9.96. The molecule has 0 spiro atoms. The minimum Gasteiger partial charge on any atom is -0.444 e. The summed E-state index contributed by atoms with van der Waals surface area (Å²) in [4.78, 5) is 14.0. The second-order valence-corrected chi connectivity index (χ2v) is 6.29. The number of hydrogen-bond donors (Lipinski definition) is 1. The van der Waals surface area contributed by atoms with Crippen LogP contribution in [0.15, 0.2) is 0 Å². The molecule has 0 aromatic heterocycles. The molecular formula is C15H30N2O4. The van der Waals surface area contributed by atoms with E-state index < -0.39 is 11.4 Å². The van der Waals surface area contributed by atoms with Gasteiger partial charge < -0.3 is 24.8 Å². The maximum Gasteiger partial charge on any atom is 0.410 e. The molecule has 1 amide bonds. The molecule has 124 valence electrons. The van der Waals surface area contributed by atoms with Gasteiger partial charge in [0.25, 0.3) is 0 Å². The van der Waals surface area contributed by atoms with Crippen LogP contribution in [0.3, 0.4) is 0 Å². The summed E-state index contributed by atoms with van der Waals surface area (Å²) in [6.45, 7) is 11.5. The first-order valence-electron chi connectivity index (χ1n) is 7.74. The molecule has 0 aliphatic carbocycles. The van der Waals surface area contributed by atoms with E-state index >= 15 is 0 Å². The first kappa shape index (κ1) is 18.2. The normalized spacial score (nSPS) is 22.2. The molecule has 6 nitrogen and oxygen atoms in total. The molecule has 6 heteroatoms. The van der Waals surface area contributed by atoms with E-state index in [1.54, 1.807) is 4.90 Å². The number of nitrogens with zero attached hydrogens (tertiary/aromatic N) is 1. The van der Waals surface area contributed by atoms with E-state index in [-0.39, 0.29) is 12.1 Å². The number of hydrogen-bond acceptors (Lipinski definition) is 5. The predicted octanol–water partition coefficient (Wildman–Crippen LogP) is 2.11. The van der Waals surface area contributed by atoms with E-state index in [1.165, 1.54) is 0 Å². The van der Waals surface area contributed by atoms with Crippen LogP contribution in [-0.4, -0.2) is 54.7 Å². The fourth-order valence-electron chi connectivity index (χ4n) is 2.65. The third-order valence-electron chi connectivity index (χ3n) is 3.44. The Morgan fingerprint density at radius 3 is 2.29 bits per heavy atom. The van der Waals surface area contributed by atoms with Crippen LogP contribution in [0.25, 0.3) is 0 Å². The summed E-state index contributed by atoms with van der Waals surface area (Å²) in [6, 6.07) is -0.133. The third-order valence-corrected chi connectivity index (χ3v) is 3.44. The molecule has 1 aliphatic heterocycles. The van der Waals surface area contributed by atoms with Crippen LogP contribution < -0.4 is 5.73 Å². The van der Waals surface area contributed by atoms with Gasteiger partial charge in [-0.25, -0.2) is 4.79 Å². The molecule has 0 radical (unpaired) electrons. The van der Waals surface area contributed by atoms with Crippen molar-refractivity contribution in [2.45, 2.75) is 64.9 Å². The largest absolute Gasteiger partial charge is 0.444 e. The van der Waals surface area contributed by atoms with Crippen molar-refractivity contribution in [3.63, 3.8) is 0 Å². The Kier molecular flexibility index (Phi) is 6.43. The van der Waals surface area contributed by atoms with Crippen molar-refractivity contribution < 1.29 is 19.0 Å². The topological polar surface area (TPSA) is 74.0 Å². The fourth-order valence-corrected chi connectivity index (χ4v) is 2.65. The van der Waals surface area contributed by atoms with Gasteiger partial charge in [-0.1, -0.05) is 0 Å². The molecule has 0 aromatic rings. The van der Waals surface area contributed by atoms with Crippen LogP contribution >= 0.6 is 0 Å². The van der Waals surface area contributed by atoms with Crippen LogP contribution in [0.2, 0.25) is 0 Å². The van der Waals surface area contributed by atoms with Gasteiger partial charge in [0.1, 0.15) is 5.60 Å². The molecule has 1 atom stereocenters. The molecule has 1 saturated heterocycles. The first-order chi connectivity index (χ1) is 9.77. The third kappa shape index (κ3) is 5.13. The molecule has 0 bridgehead atoms. The van der Waals surface area contributed by atoms with Crippen molar-refractivity contribution in [2.24, 2.45) is 5.73 Å². The Morgan fingerprint density at radius 2 is 1.86 bits per heavy atom. The van der Waals surface area contributed by atoms with Gasteiger partial charge in [0.2, 0.25) is 0 Å². The zero-order chi connectivity index (χ0) is 16.1. The van der Waals surface area contributed by atoms with Crippen LogP contribution in [0.4, 0.5) is 4.79 Å². The summed E-state index contributed by atoms with van der Waals surface area (Å²) in [5, 5.41) is 0. The van der Waals surface area contributed by atoms with Crippen molar-refractivity contribution in [2.75, 3.05) is 26.3 Å². The van der Waals surface area contributed by atoms with E-state index in [0.29, 0.717) is 39.1 Å². The number of amides is 1. The SMILES string of the molecule is CCOC1(OCC)CCN(C(=O)OC(C)(C)C)C(CN)C1. The van der Waals surface area contributed by atoms with E-state index in [9.17, 15) is 4.79 Å². The zero-order valence-corrected chi connectivity index (χ0v) is 14.0. The summed E-state index contributed by atoms with van der Waals surface area (Å²) in [7, 11) is 0. The number of carbonyl (C=O) groups excluding carboxylic acids is 1. The highest BCUT2D eigenvalue weighted by Gasteiger charge is 2.43. The van der Waals surface area contributed by atoms with Crippen LogP contribution in [0.1, 0.15) is 47.5 Å². The molecular weight excluding hydrogens is 272 g/mol. The summed E-state index contributed by atoms with van der Waals surface area (Å²) in [5.74, 6) is -0.633. The number of nitrogens with two attached hydrogens (primary N) is 1. The van der Waals surface area contributed by atoms with Crippen molar-refractivity contribution in [1.29, 1.82) is 0 Å². The average molecular weight is 302 g/mol. The lowest BCUT2D eigenvalue weighted by Crippen LogP contribution is -2.57. The molecule has 1 heterocycles. The summed E-state index contributed by atoms with van der Waals surface area (Å²) in [5.41, 5.74) is 5.34. The standard InChI is InChI=1S/C15H30N2O4/c1-6-19-15(20-7-2)8-9-17(12(10-15)11-16)13(18)21-14(3,4)5/h12H,6-11,16H2,1-5H3. The predicted molar refractivity (Wildman–Crippen MR) is 81.0 cm³/mol. The number of ether oxygens (including phenoxy) is 3. The molecule has 1 aliphatic rings. The van der Waals surface area contributed by atoms with Crippen molar-refractivity contribution in [1.82, 2.24) is 4.90 Å². The monoisotopic (exact) mass is 302 g/mol. The van der Waals surface area contributed by atoms with Crippen molar-refractivity contribution in [3.05, 3.63) is 0 Å². The van der Waals surface area contributed by atoms with Gasteiger partial charge in [0.15, 0.2) is 5.79 Å². The fraction of sp³-hybridized carbons (Fsp3) is 0.933. The second-order valence-electron chi connectivity index (χ2n) is 6.29. The lowest BCUT2D eigenvalue weighted by Gasteiger charge is -2.45. The van der Waals surface area contributed by atoms with E-state index in [0.717, 1.165) is 0 Å². The lowest BCUT2D eigenvalue weighted by molar-refractivity contribution is -0.258. The van der Waals surface area contributed by atoms with Gasteiger partial charge in [-0.3, -0.25) is 0 Å². The Labute approximate surface area is 127 Å². The Balaban J connectivity index is 2.78. The molecule has 21 heavy (non-hydrogen) atoms. The van der Waals surface area contributed by atoms with Crippen LogP contribution in [0, 0.1) is 0 Å². The molecule has 1 fully saturated rings. The van der Waals surface area contributed by atoms with Crippen LogP contribution in [-0.2, 0) is 14.2 Å². The van der Waals surface area contributed by atoms with E-state index in [4.69, 9.17) is 19.9 Å². The average Bonchev–Trinajstić information content (AvgIpc) is 2.37. The van der Waals surface area contributed by atoms with Gasteiger partial charge in [-0.2, -0.15) is 0 Å². The smallest absolute Gasteiger partial charge is 0.410 e. The maximum absolute atomic E-state index is 12.3. The molecule has 0 saturated carbocycles. The first-order valence-corrected chi connectivity index (χ1v) is 7.74. The Bertz CT molecular complexity index is 335.